The van der Waals surface area contributed by atoms with Gasteiger partial charge in [0.15, 0.2) is 0 Å². The molecule has 0 bridgehead atoms. The van der Waals surface area contributed by atoms with Gasteiger partial charge in [0.05, 0.1) is 6.10 Å². The molecule has 2 rings (SSSR count). The van der Waals surface area contributed by atoms with Gasteiger partial charge in [-0.05, 0) is 18.1 Å². The predicted octanol–water partition coefficient (Wildman–Crippen LogP) is 3.16. The lowest BCUT2D eigenvalue weighted by Crippen LogP contribution is -2.45. The number of aliphatic carboxylic acids is 1. The highest BCUT2D eigenvalue weighted by Gasteiger charge is 2.31. The second kappa shape index (κ2) is 7.90. The van der Waals surface area contributed by atoms with Crippen LogP contribution in [0.5, 0.6) is 0 Å². The quantitative estimate of drug-likeness (QED) is 0.734. The summed E-state index contributed by atoms with van der Waals surface area (Å²) in [6.07, 6.45) is -0.840. The Kier molecular flexibility index (Phi) is 5.90. The number of carboxylic acid groups (broad SMARTS) is 1. The molecule has 0 aliphatic rings. The first-order chi connectivity index (χ1) is 11.0. The van der Waals surface area contributed by atoms with E-state index in [0.717, 1.165) is 11.1 Å². The largest absolute Gasteiger partial charge is 0.480 e. The van der Waals surface area contributed by atoms with Gasteiger partial charge >= 0.3 is 5.97 Å². The Balaban J connectivity index is 2.13. The van der Waals surface area contributed by atoms with Gasteiger partial charge in [0.25, 0.3) is 0 Å². The van der Waals surface area contributed by atoms with Crippen LogP contribution in [-0.4, -0.2) is 22.2 Å². The molecule has 0 unspecified atom stereocenters. The molecule has 0 heterocycles. The number of nitrogens with one attached hydrogen (secondary N) is 1. The van der Waals surface area contributed by atoms with Gasteiger partial charge < -0.3 is 10.2 Å². The lowest BCUT2D eigenvalue weighted by Gasteiger charge is -2.29. The van der Waals surface area contributed by atoms with Crippen LogP contribution in [0.25, 0.3) is 0 Å². The highest BCUT2D eigenvalue weighted by molar-refractivity contribution is 5.74. The van der Waals surface area contributed by atoms with E-state index >= 15 is 0 Å². The third-order valence-corrected chi connectivity index (χ3v) is 4.16. The van der Waals surface area contributed by atoms with E-state index in [1.807, 2.05) is 55.5 Å². The molecule has 2 aromatic rings. The van der Waals surface area contributed by atoms with Crippen LogP contribution in [0.1, 0.15) is 37.1 Å². The molecule has 2 aromatic carbocycles. The van der Waals surface area contributed by atoms with Gasteiger partial charge in [-0.2, -0.15) is 0 Å². The van der Waals surface area contributed by atoms with Crippen molar-refractivity contribution in [3.05, 3.63) is 71.8 Å². The van der Waals surface area contributed by atoms with E-state index in [-0.39, 0.29) is 6.04 Å². The van der Waals surface area contributed by atoms with E-state index in [0.29, 0.717) is 0 Å². The Labute approximate surface area is 136 Å². The first-order valence-electron chi connectivity index (χ1n) is 7.77. The van der Waals surface area contributed by atoms with Crippen molar-refractivity contribution in [2.45, 2.75) is 32.0 Å². The van der Waals surface area contributed by atoms with E-state index in [1.165, 1.54) is 0 Å². The minimum Gasteiger partial charge on any atom is -0.480 e. The van der Waals surface area contributed by atoms with Crippen molar-refractivity contribution in [2.24, 2.45) is 5.92 Å². The third kappa shape index (κ3) is 4.41. The minimum atomic E-state index is -0.963. The molecule has 3 N–H and O–H groups in total. The number of aliphatic hydroxyl groups is 1. The summed E-state index contributed by atoms with van der Waals surface area (Å²) in [5.74, 6) is -1.43. The first kappa shape index (κ1) is 17.2. The second-order valence-corrected chi connectivity index (χ2v) is 5.83. The molecule has 0 fully saturated rings. The Morgan fingerprint density at radius 2 is 1.39 bits per heavy atom. The van der Waals surface area contributed by atoms with Gasteiger partial charge in [-0.15, -0.1) is 0 Å². The maximum Gasteiger partial charge on any atom is 0.321 e. The summed E-state index contributed by atoms with van der Waals surface area (Å²) >= 11 is 0. The summed E-state index contributed by atoms with van der Waals surface area (Å²) in [7, 11) is 0. The molecule has 122 valence electrons. The summed E-state index contributed by atoms with van der Waals surface area (Å²) in [4.78, 5) is 11.7. The fourth-order valence-electron chi connectivity index (χ4n) is 2.69. The topological polar surface area (TPSA) is 69.6 Å². The number of carbonyl (C=O) groups is 1. The molecule has 0 saturated carbocycles. The van der Waals surface area contributed by atoms with Crippen LogP contribution < -0.4 is 5.32 Å². The molecular weight excluding hydrogens is 290 g/mol. The van der Waals surface area contributed by atoms with Crippen LogP contribution in [0.4, 0.5) is 0 Å². The minimum absolute atomic E-state index is 0.122. The Hall–Kier alpha value is -2.17. The maximum atomic E-state index is 11.7. The number of benzene rings is 2. The smallest absolute Gasteiger partial charge is 0.321 e. The van der Waals surface area contributed by atoms with Crippen molar-refractivity contribution in [2.75, 3.05) is 0 Å². The van der Waals surface area contributed by atoms with Crippen molar-refractivity contribution in [3.8, 4) is 0 Å². The van der Waals surface area contributed by atoms with Gasteiger partial charge in [0.1, 0.15) is 6.04 Å². The fourth-order valence-corrected chi connectivity index (χ4v) is 2.69. The Bertz CT molecular complexity index is 615. The molecule has 0 spiro atoms. The highest BCUT2D eigenvalue weighted by Crippen LogP contribution is 2.26. The monoisotopic (exact) mass is 313 g/mol. The predicted molar refractivity (Wildman–Crippen MR) is 90.0 cm³/mol. The molecule has 0 amide bonds. The normalized spacial score (nSPS) is 16.3. The second-order valence-electron chi connectivity index (χ2n) is 5.83. The lowest BCUT2D eigenvalue weighted by atomic mass is 9.90. The molecule has 0 radical (unpaired) electrons. The van der Waals surface area contributed by atoms with E-state index in [1.54, 1.807) is 19.1 Å². The van der Waals surface area contributed by atoms with Crippen molar-refractivity contribution >= 4 is 5.97 Å². The van der Waals surface area contributed by atoms with Gasteiger partial charge in [-0.1, -0.05) is 67.6 Å². The fraction of sp³-hybridized carbons (Fsp3) is 0.316. The molecule has 4 nitrogen and oxygen atoms in total. The molecule has 0 aliphatic carbocycles. The summed E-state index contributed by atoms with van der Waals surface area (Å²) in [6.45, 7) is 3.67. The van der Waals surface area contributed by atoms with Crippen molar-refractivity contribution < 1.29 is 15.0 Å². The van der Waals surface area contributed by atoms with Crippen LogP contribution in [0, 0.1) is 5.92 Å². The first-order valence-corrected chi connectivity index (χ1v) is 7.77. The van der Waals surface area contributed by atoms with Crippen molar-refractivity contribution in [1.29, 1.82) is 0 Å². The van der Waals surface area contributed by atoms with Gasteiger partial charge in [-0.3, -0.25) is 10.1 Å². The van der Waals surface area contributed by atoms with E-state index < -0.39 is 24.0 Å². The van der Waals surface area contributed by atoms with Gasteiger partial charge in [0.2, 0.25) is 0 Å². The van der Waals surface area contributed by atoms with Crippen molar-refractivity contribution in [3.63, 3.8) is 0 Å². The van der Waals surface area contributed by atoms with Crippen LogP contribution >= 0.6 is 0 Å². The molecule has 4 heteroatoms. The summed E-state index contributed by atoms with van der Waals surface area (Å²) in [5.41, 5.74) is 1.74. The van der Waals surface area contributed by atoms with Gasteiger partial charge in [-0.25, -0.2) is 0 Å². The maximum absolute atomic E-state index is 11.7. The summed E-state index contributed by atoms with van der Waals surface area (Å²) < 4.78 is 0. The van der Waals surface area contributed by atoms with Crippen LogP contribution in [0.15, 0.2) is 60.7 Å². The summed E-state index contributed by atoms with van der Waals surface area (Å²) in [6, 6.07) is 17.9. The average Bonchev–Trinajstić information content (AvgIpc) is 2.59. The average molecular weight is 313 g/mol. The number of hydrogen-bond donors (Lipinski definition) is 3. The standard InChI is InChI=1S/C19H23NO3/c1-13(18(21)16-11-7-4-8-12-16)17(19(22)23)20-14(2)15-9-5-3-6-10-15/h3-14,17-18,20-21H,1-2H3,(H,22,23)/t13-,14+,17+,18+/m1/s1. The van der Waals surface area contributed by atoms with E-state index in [9.17, 15) is 15.0 Å². The molecule has 0 aliphatic heterocycles. The third-order valence-electron chi connectivity index (χ3n) is 4.16. The molecule has 0 aromatic heterocycles. The van der Waals surface area contributed by atoms with Gasteiger partial charge in [0, 0.05) is 12.0 Å². The zero-order valence-electron chi connectivity index (χ0n) is 13.4. The number of carboxylic acids is 1. The Morgan fingerprint density at radius 3 is 1.87 bits per heavy atom. The van der Waals surface area contributed by atoms with Crippen LogP contribution in [-0.2, 0) is 4.79 Å². The SMILES string of the molecule is C[C@H]([C@H](N[C@@H](C)c1ccccc1)C(=O)O)[C@H](O)c1ccccc1. The molecule has 0 saturated heterocycles. The summed E-state index contributed by atoms with van der Waals surface area (Å²) in [5, 5.41) is 23.2. The Morgan fingerprint density at radius 1 is 0.913 bits per heavy atom. The molecule has 4 atom stereocenters. The van der Waals surface area contributed by atoms with Crippen LogP contribution in [0.2, 0.25) is 0 Å². The number of hydrogen-bond acceptors (Lipinski definition) is 3. The zero-order chi connectivity index (χ0) is 16.8. The van der Waals surface area contributed by atoms with Crippen molar-refractivity contribution in [1.82, 2.24) is 5.32 Å². The molecular formula is C19H23NO3. The van der Waals surface area contributed by atoms with E-state index in [4.69, 9.17) is 0 Å². The van der Waals surface area contributed by atoms with E-state index in [2.05, 4.69) is 5.32 Å². The number of aliphatic hydroxyl groups excluding tert-OH is 1. The van der Waals surface area contributed by atoms with Crippen LogP contribution in [0.3, 0.4) is 0 Å². The zero-order valence-corrected chi connectivity index (χ0v) is 13.4. The lowest BCUT2D eigenvalue weighted by molar-refractivity contribution is -0.142. The highest BCUT2D eigenvalue weighted by atomic mass is 16.4. The number of rotatable bonds is 7. The molecule has 23 heavy (non-hydrogen) atoms.